The summed E-state index contributed by atoms with van der Waals surface area (Å²) >= 11 is 0. The molecule has 8 N–H and O–H groups in total. The fourth-order valence-electron chi connectivity index (χ4n) is 2.89. The monoisotopic (exact) mass is 359 g/mol. The molecular weight excluding hydrogens is 338 g/mol. The second-order valence-corrected chi connectivity index (χ2v) is 5.79. The third kappa shape index (κ3) is 3.18. The third-order valence-corrected chi connectivity index (χ3v) is 4.08. The molecule has 0 saturated carbocycles. The first-order valence-electron chi connectivity index (χ1n) is 7.80. The SMILES string of the molecule is CCOc1ccc2nc3ccccc3cc2c1C(N)(N)C(O)C(=O)O.O. The first-order chi connectivity index (χ1) is 11.9. The van der Waals surface area contributed by atoms with Crippen molar-refractivity contribution >= 4 is 27.8 Å². The number of pyridine rings is 1. The predicted octanol–water partition coefficient (Wildman–Crippen LogP) is 0.478. The Kier molecular flexibility index (Phi) is 5.43. The summed E-state index contributed by atoms with van der Waals surface area (Å²) in [4.78, 5) is 15.8. The van der Waals surface area contributed by atoms with Crippen molar-refractivity contribution in [1.29, 1.82) is 0 Å². The lowest BCUT2D eigenvalue weighted by Crippen LogP contribution is -2.58. The number of aliphatic hydroxyl groups is 1. The number of carboxylic acid groups (broad SMARTS) is 1. The molecule has 8 heteroatoms. The van der Waals surface area contributed by atoms with E-state index in [2.05, 4.69) is 4.98 Å². The Morgan fingerprint density at radius 3 is 2.58 bits per heavy atom. The van der Waals surface area contributed by atoms with E-state index in [1.807, 2.05) is 30.3 Å². The molecule has 26 heavy (non-hydrogen) atoms. The molecule has 0 aliphatic carbocycles. The van der Waals surface area contributed by atoms with Crippen LogP contribution in [0.15, 0.2) is 42.5 Å². The molecule has 3 aromatic rings. The Balaban J connectivity index is 0.00000243. The van der Waals surface area contributed by atoms with Crippen LogP contribution in [0.3, 0.4) is 0 Å². The van der Waals surface area contributed by atoms with Crippen molar-refractivity contribution in [2.24, 2.45) is 11.5 Å². The number of carbonyl (C=O) groups is 1. The van der Waals surface area contributed by atoms with Crippen molar-refractivity contribution in [3.05, 3.63) is 48.0 Å². The molecule has 8 nitrogen and oxygen atoms in total. The van der Waals surface area contributed by atoms with Gasteiger partial charge >= 0.3 is 5.97 Å². The number of carboxylic acids is 1. The Morgan fingerprint density at radius 1 is 1.23 bits per heavy atom. The molecule has 3 rings (SSSR count). The minimum atomic E-state index is -2.06. The topological polar surface area (TPSA) is 163 Å². The molecule has 1 unspecified atom stereocenters. The summed E-state index contributed by atoms with van der Waals surface area (Å²) in [6.45, 7) is 2.12. The van der Waals surface area contributed by atoms with Crippen molar-refractivity contribution < 1.29 is 25.2 Å². The van der Waals surface area contributed by atoms with Gasteiger partial charge in [-0.15, -0.1) is 0 Å². The van der Waals surface area contributed by atoms with Crippen LogP contribution < -0.4 is 16.2 Å². The molecule has 0 spiro atoms. The molecular formula is C18H21N3O5. The Hall–Kier alpha value is -2.78. The summed E-state index contributed by atoms with van der Waals surface area (Å²) in [5.41, 5.74) is 11.6. The number of nitrogens with two attached hydrogens (primary N) is 2. The van der Waals surface area contributed by atoms with Gasteiger partial charge in [0.1, 0.15) is 11.4 Å². The number of para-hydroxylation sites is 1. The largest absolute Gasteiger partial charge is 0.493 e. The average molecular weight is 359 g/mol. The van der Waals surface area contributed by atoms with Gasteiger partial charge in [-0.2, -0.15) is 0 Å². The summed E-state index contributed by atoms with van der Waals surface area (Å²) in [7, 11) is 0. The van der Waals surface area contributed by atoms with E-state index in [1.54, 1.807) is 19.1 Å². The highest BCUT2D eigenvalue weighted by Gasteiger charge is 2.40. The Labute approximate surface area is 149 Å². The van der Waals surface area contributed by atoms with Crippen molar-refractivity contribution in [2.75, 3.05) is 6.61 Å². The Morgan fingerprint density at radius 2 is 1.92 bits per heavy atom. The maximum atomic E-state index is 11.3. The number of fused-ring (bicyclic) bond motifs is 2. The van der Waals surface area contributed by atoms with E-state index in [0.717, 1.165) is 10.9 Å². The summed E-state index contributed by atoms with van der Waals surface area (Å²) in [6.07, 6.45) is -2.01. The quantitative estimate of drug-likeness (QED) is 0.380. The molecule has 1 aromatic heterocycles. The molecule has 0 aliphatic heterocycles. The second kappa shape index (κ2) is 7.22. The zero-order valence-electron chi connectivity index (χ0n) is 14.1. The van der Waals surface area contributed by atoms with E-state index in [-0.39, 0.29) is 11.0 Å². The van der Waals surface area contributed by atoms with Crippen LogP contribution >= 0.6 is 0 Å². The van der Waals surface area contributed by atoms with Crippen LogP contribution in [0.1, 0.15) is 12.5 Å². The van der Waals surface area contributed by atoms with Crippen molar-refractivity contribution in [2.45, 2.75) is 18.7 Å². The number of aliphatic carboxylic acids is 1. The number of benzene rings is 2. The van der Waals surface area contributed by atoms with Gasteiger partial charge in [-0.25, -0.2) is 9.78 Å². The molecule has 0 amide bonds. The van der Waals surface area contributed by atoms with Crippen LogP contribution in [0.2, 0.25) is 0 Å². The zero-order valence-corrected chi connectivity index (χ0v) is 14.1. The minimum Gasteiger partial charge on any atom is -0.493 e. The standard InChI is InChI=1S/C18H19N3O4.H2O/c1-2-25-14-8-7-13-11(9-10-5-3-4-6-12(10)21-13)15(14)18(19,20)16(22)17(23)24;/h3-9,16,22H,2,19-20H2,1H3,(H,23,24);1H2. The van der Waals surface area contributed by atoms with Crippen LogP contribution in [-0.4, -0.2) is 39.4 Å². The molecule has 138 valence electrons. The lowest BCUT2D eigenvalue weighted by molar-refractivity contribution is -0.150. The molecule has 0 aliphatic rings. The van der Waals surface area contributed by atoms with Gasteiger partial charge in [-0.05, 0) is 31.2 Å². The van der Waals surface area contributed by atoms with Gasteiger partial charge in [-0.3, -0.25) is 0 Å². The predicted molar refractivity (Wildman–Crippen MR) is 97.7 cm³/mol. The fraction of sp³-hybridized carbons (Fsp3) is 0.222. The van der Waals surface area contributed by atoms with Crippen LogP contribution in [-0.2, 0) is 10.5 Å². The van der Waals surface area contributed by atoms with E-state index in [4.69, 9.17) is 16.2 Å². The normalized spacial score (nSPS) is 12.6. The van der Waals surface area contributed by atoms with Crippen LogP contribution in [0.25, 0.3) is 21.8 Å². The van der Waals surface area contributed by atoms with E-state index >= 15 is 0 Å². The molecule has 1 atom stereocenters. The lowest BCUT2D eigenvalue weighted by atomic mass is 9.90. The van der Waals surface area contributed by atoms with E-state index in [1.165, 1.54) is 0 Å². The Bertz CT molecular complexity index is 958. The number of ether oxygens (including phenoxy) is 1. The summed E-state index contributed by atoms with van der Waals surface area (Å²) in [6, 6.07) is 12.7. The smallest absolute Gasteiger partial charge is 0.336 e. The summed E-state index contributed by atoms with van der Waals surface area (Å²) < 4.78 is 5.58. The zero-order chi connectivity index (χ0) is 18.2. The van der Waals surface area contributed by atoms with Gasteiger partial charge in [0.2, 0.25) is 0 Å². The van der Waals surface area contributed by atoms with E-state index in [0.29, 0.717) is 23.3 Å². The first-order valence-corrected chi connectivity index (χ1v) is 7.80. The minimum absolute atomic E-state index is 0. The van der Waals surface area contributed by atoms with Crippen LogP contribution in [0, 0.1) is 0 Å². The molecule has 0 radical (unpaired) electrons. The number of hydrogen-bond donors (Lipinski definition) is 4. The fourth-order valence-corrected chi connectivity index (χ4v) is 2.89. The highest BCUT2D eigenvalue weighted by atomic mass is 16.5. The van der Waals surface area contributed by atoms with E-state index in [9.17, 15) is 15.0 Å². The van der Waals surface area contributed by atoms with Gasteiger partial charge in [-0.1, -0.05) is 18.2 Å². The third-order valence-electron chi connectivity index (χ3n) is 4.08. The van der Waals surface area contributed by atoms with Gasteiger partial charge < -0.3 is 31.9 Å². The number of aromatic nitrogens is 1. The first kappa shape index (κ1) is 19.5. The van der Waals surface area contributed by atoms with Crippen molar-refractivity contribution in [3.8, 4) is 5.75 Å². The molecule has 2 aromatic carbocycles. The average Bonchev–Trinajstić information content (AvgIpc) is 2.59. The highest BCUT2D eigenvalue weighted by molar-refractivity contribution is 5.96. The van der Waals surface area contributed by atoms with Crippen LogP contribution in [0.4, 0.5) is 0 Å². The molecule has 0 bridgehead atoms. The summed E-state index contributed by atoms with van der Waals surface area (Å²) in [5.74, 6) is -1.20. The second-order valence-electron chi connectivity index (χ2n) is 5.79. The van der Waals surface area contributed by atoms with E-state index < -0.39 is 17.7 Å². The molecule has 0 fully saturated rings. The van der Waals surface area contributed by atoms with Crippen molar-refractivity contribution in [3.63, 3.8) is 0 Å². The number of nitrogens with zero attached hydrogens (tertiary/aromatic N) is 1. The number of hydrogen-bond acceptors (Lipinski definition) is 6. The van der Waals surface area contributed by atoms with Gasteiger partial charge in [0.15, 0.2) is 6.10 Å². The van der Waals surface area contributed by atoms with Gasteiger partial charge in [0.25, 0.3) is 0 Å². The lowest BCUT2D eigenvalue weighted by Gasteiger charge is -2.30. The molecule has 1 heterocycles. The molecule has 0 saturated heterocycles. The van der Waals surface area contributed by atoms with Crippen molar-refractivity contribution in [1.82, 2.24) is 4.98 Å². The highest BCUT2D eigenvalue weighted by Crippen LogP contribution is 2.35. The van der Waals surface area contributed by atoms with Gasteiger partial charge in [0, 0.05) is 16.3 Å². The van der Waals surface area contributed by atoms with Crippen LogP contribution in [0.5, 0.6) is 5.75 Å². The maximum absolute atomic E-state index is 11.3. The number of aliphatic hydroxyl groups excluding tert-OH is 1. The summed E-state index contributed by atoms with van der Waals surface area (Å²) in [5, 5.41) is 20.6. The van der Waals surface area contributed by atoms with Gasteiger partial charge in [0.05, 0.1) is 17.6 Å². The number of rotatable bonds is 5. The maximum Gasteiger partial charge on any atom is 0.336 e.